The highest BCUT2D eigenvalue weighted by Gasteiger charge is 2.06. The number of rotatable bonds is 5. The summed E-state index contributed by atoms with van der Waals surface area (Å²) in [6.45, 7) is 1.77. The second-order valence-corrected chi connectivity index (χ2v) is 5.52. The summed E-state index contributed by atoms with van der Waals surface area (Å²) >= 11 is 3.51. The molecular weight excluding hydrogens is 306 g/mol. The lowest BCUT2D eigenvalue weighted by Crippen LogP contribution is -2.16. The number of benzene rings is 1. The van der Waals surface area contributed by atoms with Crippen LogP contribution < -0.4 is 4.74 Å². The van der Waals surface area contributed by atoms with E-state index in [-0.39, 0.29) is 0 Å². The van der Waals surface area contributed by atoms with E-state index in [1.165, 1.54) is 11.1 Å². The lowest BCUT2D eigenvalue weighted by molar-refractivity contribution is 0.318. The second-order valence-electron chi connectivity index (χ2n) is 4.66. The lowest BCUT2D eigenvalue weighted by atomic mass is 10.2. The largest absolute Gasteiger partial charge is 0.496 e. The van der Waals surface area contributed by atoms with E-state index >= 15 is 0 Å². The Balaban J connectivity index is 1.98. The number of aromatic nitrogens is 2. The van der Waals surface area contributed by atoms with Crippen molar-refractivity contribution in [2.24, 2.45) is 7.05 Å². The van der Waals surface area contributed by atoms with Gasteiger partial charge in [-0.3, -0.25) is 9.58 Å². The number of hydrogen-bond acceptors (Lipinski definition) is 3. The van der Waals surface area contributed by atoms with Crippen LogP contribution in [0.5, 0.6) is 5.75 Å². The van der Waals surface area contributed by atoms with Crippen LogP contribution in [-0.4, -0.2) is 28.8 Å². The van der Waals surface area contributed by atoms with Crippen LogP contribution in [0.3, 0.4) is 0 Å². The summed E-state index contributed by atoms with van der Waals surface area (Å²) < 4.78 is 8.05. The Morgan fingerprint density at radius 3 is 2.63 bits per heavy atom. The van der Waals surface area contributed by atoms with Gasteiger partial charge in [-0.05, 0) is 40.7 Å². The van der Waals surface area contributed by atoms with Gasteiger partial charge in [-0.2, -0.15) is 5.10 Å². The van der Waals surface area contributed by atoms with Gasteiger partial charge in [0.05, 0.1) is 17.8 Å². The van der Waals surface area contributed by atoms with Gasteiger partial charge in [0, 0.05) is 31.9 Å². The van der Waals surface area contributed by atoms with Gasteiger partial charge in [-0.25, -0.2) is 0 Å². The van der Waals surface area contributed by atoms with Crippen molar-refractivity contribution in [3.63, 3.8) is 0 Å². The fraction of sp³-hybridized carbons (Fsp3) is 0.357. The predicted octanol–water partition coefficient (Wildman–Crippen LogP) is 2.82. The molecule has 0 atom stereocenters. The number of halogens is 1. The second kappa shape index (κ2) is 6.21. The van der Waals surface area contributed by atoms with Crippen molar-refractivity contribution < 1.29 is 4.74 Å². The zero-order valence-electron chi connectivity index (χ0n) is 11.4. The van der Waals surface area contributed by atoms with E-state index in [0.29, 0.717) is 0 Å². The van der Waals surface area contributed by atoms with Crippen molar-refractivity contribution in [1.82, 2.24) is 14.7 Å². The van der Waals surface area contributed by atoms with Gasteiger partial charge in [0.15, 0.2) is 0 Å². The molecule has 1 aromatic heterocycles. The van der Waals surface area contributed by atoms with Gasteiger partial charge in [-0.15, -0.1) is 0 Å². The Hall–Kier alpha value is -1.33. The van der Waals surface area contributed by atoms with Crippen molar-refractivity contribution in [3.05, 3.63) is 46.2 Å². The van der Waals surface area contributed by atoms with Crippen LogP contribution in [0.15, 0.2) is 35.1 Å². The highest BCUT2D eigenvalue weighted by Crippen LogP contribution is 2.26. The van der Waals surface area contributed by atoms with Gasteiger partial charge in [0.25, 0.3) is 0 Å². The topological polar surface area (TPSA) is 30.3 Å². The van der Waals surface area contributed by atoms with E-state index in [0.717, 1.165) is 23.3 Å². The van der Waals surface area contributed by atoms with E-state index in [4.69, 9.17) is 4.74 Å². The monoisotopic (exact) mass is 323 g/mol. The predicted molar refractivity (Wildman–Crippen MR) is 79.1 cm³/mol. The van der Waals surface area contributed by atoms with Crippen molar-refractivity contribution in [2.45, 2.75) is 13.1 Å². The van der Waals surface area contributed by atoms with Gasteiger partial charge < -0.3 is 4.74 Å². The number of methoxy groups -OCH3 is 1. The van der Waals surface area contributed by atoms with Gasteiger partial charge >= 0.3 is 0 Å². The standard InChI is InChI=1S/C14H18BrN3O/c1-17(9-12-7-16-18(2)10-12)8-11-4-5-14(19-3)13(15)6-11/h4-7,10H,8-9H2,1-3H3. The fourth-order valence-corrected chi connectivity index (χ4v) is 2.63. The summed E-state index contributed by atoms with van der Waals surface area (Å²) in [7, 11) is 5.71. The third-order valence-corrected chi connectivity index (χ3v) is 3.50. The third kappa shape index (κ3) is 3.81. The van der Waals surface area contributed by atoms with E-state index in [1.54, 1.807) is 7.11 Å². The highest BCUT2D eigenvalue weighted by atomic mass is 79.9. The average molecular weight is 324 g/mol. The molecule has 0 spiro atoms. The zero-order chi connectivity index (χ0) is 13.8. The molecule has 102 valence electrons. The molecule has 0 fully saturated rings. The number of ether oxygens (including phenoxy) is 1. The van der Waals surface area contributed by atoms with Crippen LogP contribution in [0.4, 0.5) is 0 Å². The van der Waals surface area contributed by atoms with Crippen LogP contribution >= 0.6 is 15.9 Å². The minimum absolute atomic E-state index is 0.860. The molecule has 5 heteroatoms. The lowest BCUT2D eigenvalue weighted by Gasteiger charge is -2.16. The maximum Gasteiger partial charge on any atom is 0.133 e. The first-order valence-electron chi connectivity index (χ1n) is 6.07. The van der Waals surface area contributed by atoms with Crippen LogP contribution in [0.1, 0.15) is 11.1 Å². The minimum Gasteiger partial charge on any atom is -0.496 e. The fourth-order valence-electron chi connectivity index (χ4n) is 2.04. The molecule has 0 aliphatic rings. The molecule has 0 radical (unpaired) electrons. The number of aryl methyl sites for hydroxylation is 1. The summed E-state index contributed by atoms with van der Waals surface area (Å²) in [6, 6.07) is 6.17. The minimum atomic E-state index is 0.860. The maximum absolute atomic E-state index is 5.23. The van der Waals surface area contributed by atoms with E-state index in [2.05, 4.69) is 45.1 Å². The summed E-state index contributed by atoms with van der Waals surface area (Å²) in [4.78, 5) is 2.26. The van der Waals surface area contributed by atoms with Gasteiger partial charge in [0.2, 0.25) is 0 Å². The Morgan fingerprint density at radius 1 is 1.32 bits per heavy atom. The van der Waals surface area contributed by atoms with Crippen molar-refractivity contribution in [3.8, 4) is 5.75 Å². The quantitative estimate of drug-likeness (QED) is 0.847. The normalized spacial score (nSPS) is 11.0. The van der Waals surface area contributed by atoms with Crippen LogP contribution in [0, 0.1) is 0 Å². The first-order valence-corrected chi connectivity index (χ1v) is 6.86. The molecule has 0 aliphatic carbocycles. The molecule has 0 bridgehead atoms. The first-order chi connectivity index (χ1) is 9.08. The molecule has 2 aromatic rings. The Bertz CT molecular complexity index is 553. The average Bonchev–Trinajstić information content (AvgIpc) is 2.74. The van der Waals surface area contributed by atoms with Gasteiger partial charge in [-0.1, -0.05) is 6.07 Å². The molecular formula is C14H18BrN3O. The summed E-state index contributed by atoms with van der Waals surface area (Å²) in [5, 5.41) is 4.18. The SMILES string of the molecule is COc1ccc(CN(C)Cc2cnn(C)c2)cc1Br. The number of hydrogen-bond donors (Lipinski definition) is 0. The molecule has 4 nitrogen and oxygen atoms in total. The maximum atomic E-state index is 5.23. The summed E-state index contributed by atoms with van der Waals surface area (Å²) in [5.74, 6) is 0.860. The van der Waals surface area contributed by atoms with E-state index in [1.807, 2.05) is 30.2 Å². The molecule has 0 N–H and O–H groups in total. The zero-order valence-corrected chi connectivity index (χ0v) is 13.0. The molecule has 2 rings (SSSR count). The van der Waals surface area contributed by atoms with Crippen LogP contribution in [0.25, 0.3) is 0 Å². The molecule has 1 heterocycles. The summed E-state index contributed by atoms with van der Waals surface area (Å²) in [6.07, 6.45) is 3.95. The summed E-state index contributed by atoms with van der Waals surface area (Å²) in [5.41, 5.74) is 2.47. The van der Waals surface area contributed by atoms with Crippen LogP contribution in [0.2, 0.25) is 0 Å². The third-order valence-electron chi connectivity index (χ3n) is 2.88. The number of nitrogens with zero attached hydrogens (tertiary/aromatic N) is 3. The molecule has 0 amide bonds. The van der Waals surface area contributed by atoms with Crippen molar-refractivity contribution in [2.75, 3.05) is 14.2 Å². The molecule has 0 aliphatic heterocycles. The Kier molecular flexibility index (Phi) is 4.61. The van der Waals surface area contributed by atoms with E-state index < -0.39 is 0 Å². The molecule has 1 aromatic carbocycles. The van der Waals surface area contributed by atoms with E-state index in [9.17, 15) is 0 Å². The smallest absolute Gasteiger partial charge is 0.133 e. The molecule has 19 heavy (non-hydrogen) atoms. The Labute approximate surface area is 122 Å². The van der Waals surface area contributed by atoms with Crippen LogP contribution in [-0.2, 0) is 20.1 Å². The van der Waals surface area contributed by atoms with Crippen molar-refractivity contribution >= 4 is 15.9 Å². The van der Waals surface area contributed by atoms with Gasteiger partial charge in [0.1, 0.15) is 5.75 Å². The molecule has 0 saturated carbocycles. The molecule has 0 unspecified atom stereocenters. The van der Waals surface area contributed by atoms with Crippen molar-refractivity contribution in [1.29, 1.82) is 0 Å². The highest BCUT2D eigenvalue weighted by molar-refractivity contribution is 9.10. The Morgan fingerprint density at radius 2 is 2.05 bits per heavy atom. The first kappa shape index (κ1) is 14.1. The molecule has 0 saturated heterocycles.